The number of fused-ring (bicyclic) bond motifs is 1. The molecule has 0 radical (unpaired) electrons. The second-order valence-corrected chi connectivity index (χ2v) is 2.97. The predicted molar refractivity (Wildman–Crippen MR) is 46.2 cm³/mol. The van der Waals surface area contributed by atoms with E-state index in [-0.39, 0.29) is 11.5 Å². The van der Waals surface area contributed by atoms with E-state index < -0.39 is 23.6 Å². The molecule has 0 atom stereocenters. The number of halogens is 2. The van der Waals surface area contributed by atoms with Crippen molar-refractivity contribution in [1.82, 2.24) is 0 Å². The molecule has 0 spiro atoms. The van der Waals surface area contributed by atoms with E-state index in [0.717, 1.165) is 12.1 Å². The van der Waals surface area contributed by atoms with Gasteiger partial charge < -0.3 is 19.3 Å². The number of carboxylic acid groups (broad SMARTS) is 1. The van der Waals surface area contributed by atoms with Gasteiger partial charge in [0.05, 0.1) is 7.11 Å². The summed E-state index contributed by atoms with van der Waals surface area (Å²) in [6.45, 7) is 0. The van der Waals surface area contributed by atoms with Gasteiger partial charge in [0.2, 0.25) is 0 Å². The molecule has 1 aliphatic rings. The van der Waals surface area contributed by atoms with Gasteiger partial charge >= 0.3 is 12.3 Å². The molecular weight excluding hydrogens is 226 g/mol. The van der Waals surface area contributed by atoms with Gasteiger partial charge in [-0.3, -0.25) is 0 Å². The Balaban J connectivity index is 2.56. The van der Waals surface area contributed by atoms with Crippen LogP contribution in [-0.2, 0) is 0 Å². The molecule has 16 heavy (non-hydrogen) atoms. The summed E-state index contributed by atoms with van der Waals surface area (Å²) in [5.41, 5.74) is -0.438. The van der Waals surface area contributed by atoms with E-state index in [2.05, 4.69) is 9.47 Å². The van der Waals surface area contributed by atoms with Crippen LogP contribution in [0.3, 0.4) is 0 Å². The summed E-state index contributed by atoms with van der Waals surface area (Å²) < 4.78 is 38.5. The first-order valence-electron chi connectivity index (χ1n) is 4.14. The number of benzene rings is 1. The lowest BCUT2D eigenvalue weighted by atomic mass is 10.2. The molecule has 2 rings (SSSR count). The third kappa shape index (κ3) is 1.60. The standard InChI is InChI=1S/C9H6F2O5/c1-14-4-2-5(8(12)13)7-6(3-4)15-9(10,11)16-7/h2-3H,1H3,(H,12,13). The number of ether oxygens (including phenoxy) is 3. The first-order valence-corrected chi connectivity index (χ1v) is 4.14. The molecule has 0 bridgehead atoms. The van der Waals surface area contributed by atoms with Crippen LogP contribution in [0.1, 0.15) is 10.4 Å². The van der Waals surface area contributed by atoms with Crippen LogP contribution in [0, 0.1) is 0 Å². The molecule has 0 saturated carbocycles. The summed E-state index contributed by atoms with van der Waals surface area (Å²) in [5.74, 6) is -2.17. The highest BCUT2D eigenvalue weighted by molar-refractivity contribution is 5.93. The Kier molecular flexibility index (Phi) is 2.11. The van der Waals surface area contributed by atoms with Crippen LogP contribution in [0.25, 0.3) is 0 Å². The van der Waals surface area contributed by atoms with E-state index in [9.17, 15) is 13.6 Å². The smallest absolute Gasteiger partial charge is 0.497 e. The van der Waals surface area contributed by atoms with Crippen molar-refractivity contribution in [1.29, 1.82) is 0 Å². The van der Waals surface area contributed by atoms with E-state index in [1.54, 1.807) is 0 Å². The Labute approximate surface area is 88.1 Å². The zero-order chi connectivity index (χ0) is 11.9. The van der Waals surface area contributed by atoms with Gasteiger partial charge in [-0.2, -0.15) is 0 Å². The quantitative estimate of drug-likeness (QED) is 0.840. The molecule has 1 N–H and O–H groups in total. The maximum Gasteiger partial charge on any atom is 0.586 e. The van der Waals surface area contributed by atoms with Crippen molar-refractivity contribution in [3.05, 3.63) is 17.7 Å². The number of carbonyl (C=O) groups is 1. The van der Waals surface area contributed by atoms with Gasteiger partial charge in [0, 0.05) is 6.07 Å². The Morgan fingerprint density at radius 1 is 1.44 bits per heavy atom. The molecule has 0 amide bonds. The van der Waals surface area contributed by atoms with Crippen molar-refractivity contribution in [2.75, 3.05) is 7.11 Å². The van der Waals surface area contributed by atoms with Crippen molar-refractivity contribution >= 4 is 5.97 Å². The van der Waals surface area contributed by atoms with Gasteiger partial charge in [0.15, 0.2) is 11.5 Å². The van der Waals surface area contributed by atoms with Crippen molar-refractivity contribution in [2.45, 2.75) is 6.29 Å². The molecule has 0 aliphatic carbocycles. The van der Waals surface area contributed by atoms with Gasteiger partial charge in [-0.1, -0.05) is 0 Å². The Morgan fingerprint density at radius 3 is 2.69 bits per heavy atom. The van der Waals surface area contributed by atoms with Crippen LogP contribution >= 0.6 is 0 Å². The van der Waals surface area contributed by atoms with Gasteiger partial charge in [-0.15, -0.1) is 8.78 Å². The number of hydrogen-bond acceptors (Lipinski definition) is 4. The van der Waals surface area contributed by atoms with Crippen molar-refractivity contribution in [3.8, 4) is 17.2 Å². The second-order valence-electron chi connectivity index (χ2n) is 2.97. The summed E-state index contributed by atoms with van der Waals surface area (Å²) in [5, 5.41) is 8.80. The van der Waals surface area contributed by atoms with E-state index in [1.165, 1.54) is 7.11 Å². The summed E-state index contributed by atoms with van der Waals surface area (Å²) in [6.07, 6.45) is -3.85. The zero-order valence-corrected chi connectivity index (χ0v) is 7.99. The lowest BCUT2D eigenvalue weighted by Crippen LogP contribution is -2.26. The number of hydrogen-bond donors (Lipinski definition) is 1. The Bertz CT molecular complexity index is 457. The Morgan fingerprint density at radius 2 is 2.12 bits per heavy atom. The number of alkyl halides is 2. The van der Waals surface area contributed by atoms with Gasteiger partial charge in [0.25, 0.3) is 0 Å². The lowest BCUT2D eigenvalue weighted by Gasteiger charge is -2.05. The normalized spacial score (nSPS) is 15.9. The number of methoxy groups -OCH3 is 1. The van der Waals surface area contributed by atoms with Crippen LogP contribution in [0.2, 0.25) is 0 Å². The van der Waals surface area contributed by atoms with Crippen molar-refractivity contribution in [2.24, 2.45) is 0 Å². The SMILES string of the molecule is COc1cc2c(c(C(=O)O)c1)OC(F)(F)O2. The minimum Gasteiger partial charge on any atom is -0.497 e. The summed E-state index contributed by atoms with van der Waals surface area (Å²) in [4.78, 5) is 10.8. The van der Waals surface area contributed by atoms with Crippen LogP contribution in [-0.4, -0.2) is 24.5 Å². The van der Waals surface area contributed by atoms with Crippen molar-refractivity contribution < 1.29 is 32.9 Å². The third-order valence-corrected chi connectivity index (χ3v) is 1.94. The Hall–Kier alpha value is -2.05. The van der Waals surface area contributed by atoms with Gasteiger partial charge in [-0.25, -0.2) is 4.79 Å². The lowest BCUT2D eigenvalue weighted by molar-refractivity contribution is -0.286. The molecule has 86 valence electrons. The topological polar surface area (TPSA) is 65.0 Å². The largest absolute Gasteiger partial charge is 0.586 e. The van der Waals surface area contributed by atoms with Crippen LogP contribution in [0.5, 0.6) is 17.2 Å². The predicted octanol–water partition coefficient (Wildman–Crippen LogP) is 1.71. The summed E-state index contributed by atoms with van der Waals surface area (Å²) >= 11 is 0. The fourth-order valence-electron chi connectivity index (χ4n) is 1.30. The molecule has 0 aromatic heterocycles. The first kappa shape index (κ1) is 10.5. The molecule has 1 aromatic rings. The molecule has 1 aliphatic heterocycles. The molecule has 7 heteroatoms. The fraction of sp³-hybridized carbons (Fsp3) is 0.222. The summed E-state index contributed by atoms with van der Waals surface area (Å²) in [6, 6.07) is 2.20. The summed E-state index contributed by atoms with van der Waals surface area (Å²) in [7, 11) is 1.28. The highest BCUT2D eigenvalue weighted by Gasteiger charge is 2.45. The van der Waals surface area contributed by atoms with Gasteiger partial charge in [-0.05, 0) is 6.07 Å². The second kappa shape index (κ2) is 3.22. The third-order valence-electron chi connectivity index (χ3n) is 1.94. The van der Waals surface area contributed by atoms with E-state index in [0.29, 0.717) is 0 Å². The van der Waals surface area contributed by atoms with Crippen LogP contribution in [0.4, 0.5) is 8.78 Å². The first-order chi connectivity index (χ1) is 7.43. The van der Waals surface area contributed by atoms with Crippen LogP contribution < -0.4 is 14.2 Å². The zero-order valence-electron chi connectivity index (χ0n) is 7.99. The highest BCUT2D eigenvalue weighted by atomic mass is 19.3. The molecule has 0 saturated heterocycles. The number of aromatic carboxylic acids is 1. The molecule has 0 fully saturated rings. The average Bonchev–Trinajstić information content (AvgIpc) is 2.49. The monoisotopic (exact) mass is 232 g/mol. The molecule has 1 heterocycles. The van der Waals surface area contributed by atoms with Crippen LogP contribution in [0.15, 0.2) is 12.1 Å². The molecular formula is C9H6F2O5. The maximum absolute atomic E-state index is 12.7. The van der Waals surface area contributed by atoms with E-state index in [1.807, 2.05) is 0 Å². The maximum atomic E-state index is 12.7. The molecule has 5 nitrogen and oxygen atoms in total. The van der Waals surface area contributed by atoms with E-state index >= 15 is 0 Å². The molecule has 1 aromatic carbocycles. The van der Waals surface area contributed by atoms with Gasteiger partial charge in [0.1, 0.15) is 11.3 Å². The minimum absolute atomic E-state index is 0.0949. The minimum atomic E-state index is -3.85. The van der Waals surface area contributed by atoms with E-state index in [4.69, 9.17) is 9.84 Å². The fourth-order valence-corrected chi connectivity index (χ4v) is 1.30. The number of carboxylic acids is 1. The average molecular weight is 232 g/mol. The highest BCUT2D eigenvalue weighted by Crippen LogP contribution is 2.45. The van der Waals surface area contributed by atoms with Crippen molar-refractivity contribution in [3.63, 3.8) is 0 Å². The molecule has 0 unspecified atom stereocenters. The number of rotatable bonds is 2.